The number of nitrogens with zero attached hydrogens (tertiary/aromatic N) is 1. The number of amides is 1. The molecule has 0 bridgehead atoms. The SMILES string of the molecule is CCOc1cc(C=C(C#N)C(=O)Nc2ccccc2C(=O)O)ccc1OC. The van der Waals surface area contributed by atoms with Crippen molar-refractivity contribution < 1.29 is 24.2 Å². The summed E-state index contributed by atoms with van der Waals surface area (Å²) in [5.41, 5.74) is 0.437. The third kappa shape index (κ3) is 4.86. The molecule has 7 nitrogen and oxygen atoms in total. The fourth-order valence-corrected chi connectivity index (χ4v) is 2.33. The molecule has 2 rings (SSSR count). The predicted octanol–water partition coefficient (Wildman–Crippen LogP) is 3.34. The summed E-state index contributed by atoms with van der Waals surface area (Å²) >= 11 is 0. The van der Waals surface area contributed by atoms with Crippen LogP contribution in [0, 0.1) is 11.3 Å². The average Bonchev–Trinajstić information content (AvgIpc) is 2.66. The summed E-state index contributed by atoms with van der Waals surface area (Å²) < 4.78 is 10.7. The molecule has 0 saturated carbocycles. The van der Waals surface area contributed by atoms with Crippen LogP contribution in [0.3, 0.4) is 0 Å². The van der Waals surface area contributed by atoms with Gasteiger partial charge in [-0.15, -0.1) is 0 Å². The summed E-state index contributed by atoms with van der Waals surface area (Å²) in [7, 11) is 1.52. The fraction of sp³-hybridized carbons (Fsp3) is 0.150. The van der Waals surface area contributed by atoms with Crippen molar-refractivity contribution in [2.75, 3.05) is 19.0 Å². The molecule has 2 N–H and O–H groups in total. The highest BCUT2D eigenvalue weighted by molar-refractivity contribution is 6.11. The molecule has 0 atom stereocenters. The molecule has 0 radical (unpaired) electrons. The molecule has 0 heterocycles. The van der Waals surface area contributed by atoms with E-state index in [1.807, 2.05) is 13.0 Å². The number of carboxylic acid groups (broad SMARTS) is 1. The topological polar surface area (TPSA) is 109 Å². The second-order valence-corrected chi connectivity index (χ2v) is 5.32. The molecule has 0 aliphatic carbocycles. The van der Waals surface area contributed by atoms with E-state index in [9.17, 15) is 20.0 Å². The van der Waals surface area contributed by atoms with Gasteiger partial charge in [0.1, 0.15) is 11.6 Å². The van der Waals surface area contributed by atoms with Crippen molar-refractivity contribution in [3.05, 3.63) is 59.2 Å². The van der Waals surface area contributed by atoms with Crippen LogP contribution in [0.1, 0.15) is 22.8 Å². The zero-order valence-electron chi connectivity index (χ0n) is 14.9. The Morgan fingerprint density at radius 1 is 1.22 bits per heavy atom. The number of methoxy groups -OCH3 is 1. The molecule has 0 spiro atoms. The lowest BCUT2D eigenvalue weighted by atomic mass is 10.1. The van der Waals surface area contributed by atoms with Crippen LogP contribution >= 0.6 is 0 Å². The van der Waals surface area contributed by atoms with Gasteiger partial charge in [-0.2, -0.15) is 5.26 Å². The first-order valence-corrected chi connectivity index (χ1v) is 8.06. The number of para-hydroxylation sites is 1. The van der Waals surface area contributed by atoms with Gasteiger partial charge in [-0.1, -0.05) is 18.2 Å². The van der Waals surface area contributed by atoms with E-state index in [1.54, 1.807) is 30.3 Å². The lowest BCUT2D eigenvalue weighted by Gasteiger charge is -2.10. The van der Waals surface area contributed by atoms with Gasteiger partial charge in [0, 0.05) is 0 Å². The lowest BCUT2D eigenvalue weighted by Crippen LogP contribution is -2.16. The van der Waals surface area contributed by atoms with E-state index in [2.05, 4.69) is 5.32 Å². The molecule has 138 valence electrons. The molecule has 0 fully saturated rings. The quantitative estimate of drug-likeness (QED) is 0.575. The van der Waals surface area contributed by atoms with Gasteiger partial charge in [0.05, 0.1) is 25.0 Å². The summed E-state index contributed by atoms with van der Waals surface area (Å²) in [4.78, 5) is 23.6. The number of nitrogens with one attached hydrogen (secondary N) is 1. The fourth-order valence-electron chi connectivity index (χ4n) is 2.33. The number of hydrogen-bond donors (Lipinski definition) is 2. The number of ether oxygens (including phenoxy) is 2. The Kier molecular flexibility index (Phi) is 6.55. The predicted molar refractivity (Wildman–Crippen MR) is 99.8 cm³/mol. The number of benzene rings is 2. The maximum absolute atomic E-state index is 12.4. The number of hydrogen-bond acceptors (Lipinski definition) is 5. The number of anilines is 1. The molecule has 27 heavy (non-hydrogen) atoms. The smallest absolute Gasteiger partial charge is 0.337 e. The van der Waals surface area contributed by atoms with Crippen LogP contribution < -0.4 is 14.8 Å². The molecule has 2 aromatic rings. The summed E-state index contributed by atoms with van der Waals surface area (Å²) in [6, 6.07) is 12.8. The molecule has 0 unspecified atom stereocenters. The number of rotatable bonds is 7. The van der Waals surface area contributed by atoms with Crippen molar-refractivity contribution in [3.8, 4) is 17.6 Å². The Morgan fingerprint density at radius 2 is 1.96 bits per heavy atom. The van der Waals surface area contributed by atoms with E-state index < -0.39 is 11.9 Å². The third-order valence-electron chi connectivity index (χ3n) is 3.57. The minimum absolute atomic E-state index is 0.0637. The Bertz CT molecular complexity index is 928. The van der Waals surface area contributed by atoms with Crippen LogP contribution in [0.2, 0.25) is 0 Å². The van der Waals surface area contributed by atoms with Gasteiger partial charge in [0.15, 0.2) is 11.5 Å². The van der Waals surface area contributed by atoms with Crippen LogP contribution in [0.5, 0.6) is 11.5 Å². The van der Waals surface area contributed by atoms with Crippen LogP contribution in [0.4, 0.5) is 5.69 Å². The van der Waals surface area contributed by atoms with Gasteiger partial charge < -0.3 is 19.9 Å². The number of carboxylic acids is 1. The Balaban J connectivity index is 2.31. The van der Waals surface area contributed by atoms with Gasteiger partial charge in [0.25, 0.3) is 5.91 Å². The molecular weight excluding hydrogens is 348 g/mol. The highest BCUT2D eigenvalue weighted by atomic mass is 16.5. The molecule has 1 amide bonds. The van der Waals surface area contributed by atoms with Gasteiger partial charge in [0.2, 0.25) is 0 Å². The normalized spacial score (nSPS) is 10.6. The average molecular weight is 366 g/mol. The van der Waals surface area contributed by atoms with E-state index in [1.165, 1.54) is 25.3 Å². The van der Waals surface area contributed by atoms with Crippen LogP contribution in [-0.2, 0) is 4.79 Å². The summed E-state index contributed by atoms with van der Waals surface area (Å²) in [5, 5.41) is 21.0. The van der Waals surface area contributed by atoms with E-state index in [0.29, 0.717) is 23.7 Å². The first-order valence-electron chi connectivity index (χ1n) is 8.06. The van der Waals surface area contributed by atoms with E-state index in [4.69, 9.17) is 9.47 Å². The highest BCUT2D eigenvalue weighted by Crippen LogP contribution is 2.29. The van der Waals surface area contributed by atoms with Gasteiger partial charge in [-0.3, -0.25) is 4.79 Å². The standard InChI is InChI=1S/C20H18N2O5/c1-3-27-18-11-13(8-9-17(18)26-2)10-14(12-21)19(23)22-16-7-5-4-6-15(16)20(24)25/h4-11H,3H2,1-2H3,(H,22,23)(H,24,25). The largest absolute Gasteiger partial charge is 0.493 e. The molecule has 0 aliphatic rings. The van der Waals surface area contributed by atoms with Crippen molar-refractivity contribution in [2.45, 2.75) is 6.92 Å². The van der Waals surface area contributed by atoms with E-state index in [0.717, 1.165) is 0 Å². The van der Waals surface area contributed by atoms with Crippen LogP contribution in [-0.4, -0.2) is 30.7 Å². The molecule has 0 aliphatic heterocycles. The Labute approximate surface area is 156 Å². The summed E-state index contributed by atoms with van der Waals surface area (Å²) in [6.07, 6.45) is 1.39. The second kappa shape index (κ2) is 9.06. The van der Waals surface area contributed by atoms with Crippen molar-refractivity contribution in [1.29, 1.82) is 5.26 Å². The number of nitriles is 1. The maximum Gasteiger partial charge on any atom is 0.337 e. The lowest BCUT2D eigenvalue weighted by molar-refractivity contribution is -0.112. The van der Waals surface area contributed by atoms with Gasteiger partial charge in [-0.25, -0.2) is 4.79 Å². The van der Waals surface area contributed by atoms with Crippen LogP contribution in [0.15, 0.2) is 48.0 Å². The molecular formula is C20H18N2O5. The Morgan fingerprint density at radius 3 is 2.59 bits per heavy atom. The van der Waals surface area contributed by atoms with Crippen molar-refractivity contribution in [2.24, 2.45) is 0 Å². The summed E-state index contributed by atoms with van der Waals surface area (Å²) in [6.45, 7) is 2.26. The first kappa shape index (κ1) is 19.5. The maximum atomic E-state index is 12.4. The number of carbonyl (C=O) groups excluding carboxylic acids is 1. The zero-order chi connectivity index (χ0) is 19.8. The number of carbonyl (C=O) groups is 2. The van der Waals surface area contributed by atoms with Crippen molar-refractivity contribution in [3.63, 3.8) is 0 Å². The second-order valence-electron chi connectivity index (χ2n) is 5.32. The molecule has 7 heteroatoms. The minimum Gasteiger partial charge on any atom is -0.493 e. The van der Waals surface area contributed by atoms with Crippen molar-refractivity contribution >= 4 is 23.6 Å². The number of aromatic carboxylic acids is 1. The van der Waals surface area contributed by atoms with Crippen LogP contribution in [0.25, 0.3) is 6.08 Å². The zero-order valence-corrected chi connectivity index (χ0v) is 14.9. The summed E-state index contributed by atoms with van der Waals surface area (Å²) in [5.74, 6) is -0.861. The van der Waals surface area contributed by atoms with Gasteiger partial charge in [-0.05, 0) is 42.8 Å². The first-order chi connectivity index (χ1) is 13.0. The monoisotopic (exact) mass is 366 g/mol. The molecule has 0 aromatic heterocycles. The minimum atomic E-state index is -1.18. The van der Waals surface area contributed by atoms with E-state index in [-0.39, 0.29) is 16.8 Å². The van der Waals surface area contributed by atoms with Gasteiger partial charge >= 0.3 is 5.97 Å². The molecule has 0 saturated heterocycles. The molecule has 2 aromatic carbocycles. The highest BCUT2D eigenvalue weighted by Gasteiger charge is 2.15. The van der Waals surface area contributed by atoms with Crippen molar-refractivity contribution in [1.82, 2.24) is 0 Å². The third-order valence-corrected chi connectivity index (χ3v) is 3.57. The Hall–Kier alpha value is -3.79. The van der Waals surface area contributed by atoms with E-state index >= 15 is 0 Å².